The molecule has 0 aliphatic heterocycles. The van der Waals surface area contributed by atoms with E-state index in [0.29, 0.717) is 0 Å². The quantitative estimate of drug-likeness (QED) is 0.662. The van der Waals surface area contributed by atoms with Crippen molar-refractivity contribution >= 4 is 22.6 Å². The normalized spacial score (nSPS) is 10.6. The third kappa shape index (κ3) is 2.56. The van der Waals surface area contributed by atoms with E-state index >= 15 is 0 Å². The number of halogens is 1. The first-order valence-electron chi connectivity index (χ1n) is 6.12. The Balaban J connectivity index is 2.07. The Labute approximate surface area is 126 Å². The zero-order valence-electron chi connectivity index (χ0n) is 10.5. The first-order chi connectivity index (χ1) is 9.24. The first-order valence-corrected chi connectivity index (χ1v) is 7.20. The van der Waals surface area contributed by atoms with Crippen LogP contribution in [0.5, 0.6) is 0 Å². The van der Waals surface area contributed by atoms with Gasteiger partial charge >= 0.3 is 0 Å². The Hall–Kier alpha value is -1.62. The zero-order chi connectivity index (χ0) is 13.2. The lowest BCUT2D eigenvalue weighted by Gasteiger charge is -1.97. The minimum absolute atomic E-state index is 0.926. The standard InChI is InChI=1S/C16H13IN2/c1-11-15(12-6-3-2-4-7-12)19-16(18-11)13-8-5-9-14(17)10-13/h2-10H,1H3,(H,18,19). The maximum Gasteiger partial charge on any atom is 0.138 e. The molecule has 1 N–H and O–H groups in total. The van der Waals surface area contributed by atoms with Crippen molar-refractivity contribution in [3.05, 3.63) is 63.9 Å². The maximum absolute atomic E-state index is 4.73. The number of imidazole rings is 1. The van der Waals surface area contributed by atoms with Crippen LogP contribution in [0.1, 0.15) is 5.69 Å². The van der Waals surface area contributed by atoms with Gasteiger partial charge in [0.25, 0.3) is 0 Å². The molecule has 0 spiro atoms. The molecule has 1 aromatic heterocycles. The monoisotopic (exact) mass is 360 g/mol. The van der Waals surface area contributed by atoms with Crippen LogP contribution >= 0.6 is 22.6 Å². The SMILES string of the molecule is Cc1[nH]c(-c2cccc(I)c2)nc1-c1ccccc1. The summed E-state index contributed by atoms with van der Waals surface area (Å²) < 4.78 is 1.21. The van der Waals surface area contributed by atoms with Crippen LogP contribution in [0.3, 0.4) is 0 Å². The number of aromatic nitrogens is 2. The van der Waals surface area contributed by atoms with Crippen molar-refractivity contribution in [1.29, 1.82) is 0 Å². The summed E-state index contributed by atoms with van der Waals surface area (Å²) >= 11 is 2.32. The average Bonchev–Trinajstić information content (AvgIpc) is 2.82. The lowest BCUT2D eigenvalue weighted by molar-refractivity contribution is 1.25. The number of aryl methyl sites for hydroxylation is 1. The fraction of sp³-hybridized carbons (Fsp3) is 0.0625. The Morgan fingerprint density at radius 1 is 0.947 bits per heavy atom. The molecule has 0 aliphatic rings. The molecule has 3 aromatic rings. The van der Waals surface area contributed by atoms with Crippen molar-refractivity contribution in [2.75, 3.05) is 0 Å². The molecule has 0 bridgehead atoms. The fourth-order valence-corrected chi connectivity index (χ4v) is 2.65. The summed E-state index contributed by atoms with van der Waals surface area (Å²) in [6.45, 7) is 2.06. The van der Waals surface area contributed by atoms with Crippen molar-refractivity contribution < 1.29 is 0 Å². The number of aromatic amines is 1. The molecule has 2 aromatic carbocycles. The Kier molecular flexibility index (Phi) is 3.38. The lowest BCUT2D eigenvalue weighted by atomic mass is 10.1. The van der Waals surface area contributed by atoms with Gasteiger partial charge in [0.15, 0.2) is 0 Å². The van der Waals surface area contributed by atoms with Gasteiger partial charge in [0.2, 0.25) is 0 Å². The largest absolute Gasteiger partial charge is 0.342 e. The highest BCUT2D eigenvalue weighted by Crippen LogP contribution is 2.26. The summed E-state index contributed by atoms with van der Waals surface area (Å²) in [5.41, 5.74) is 4.39. The van der Waals surface area contributed by atoms with Gasteiger partial charge in [-0.15, -0.1) is 0 Å². The molecule has 0 aliphatic carbocycles. The number of rotatable bonds is 2. The smallest absolute Gasteiger partial charge is 0.138 e. The van der Waals surface area contributed by atoms with E-state index in [1.165, 1.54) is 3.57 Å². The molecule has 0 amide bonds. The Bertz CT molecular complexity index is 702. The van der Waals surface area contributed by atoms with Gasteiger partial charge in [-0.3, -0.25) is 0 Å². The van der Waals surface area contributed by atoms with E-state index < -0.39 is 0 Å². The van der Waals surface area contributed by atoms with Crippen LogP contribution in [-0.2, 0) is 0 Å². The molecule has 0 fully saturated rings. The number of H-pyrrole nitrogens is 1. The zero-order valence-corrected chi connectivity index (χ0v) is 12.7. The minimum Gasteiger partial charge on any atom is -0.342 e. The molecule has 0 radical (unpaired) electrons. The number of benzene rings is 2. The molecular formula is C16H13IN2. The molecule has 19 heavy (non-hydrogen) atoms. The highest BCUT2D eigenvalue weighted by molar-refractivity contribution is 14.1. The minimum atomic E-state index is 0.926. The second kappa shape index (κ2) is 5.17. The highest BCUT2D eigenvalue weighted by atomic mass is 127. The van der Waals surface area contributed by atoms with E-state index in [4.69, 9.17) is 4.98 Å². The fourth-order valence-electron chi connectivity index (χ4n) is 2.11. The van der Waals surface area contributed by atoms with Crippen LogP contribution < -0.4 is 0 Å². The molecule has 3 heteroatoms. The Morgan fingerprint density at radius 3 is 2.42 bits per heavy atom. The topological polar surface area (TPSA) is 28.7 Å². The second-order valence-electron chi connectivity index (χ2n) is 4.44. The van der Waals surface area contributed by atoms with Crippen LogP contribution in [0.4, 0.5) is 0 Å². The molecule has 94 valence electrons. The molecular weight excluding hydrogens is 347 g/mol. The summed E-state index contributed by atoms with van der Waals surface area (Å²) in [6, 6.07) is 18.6. The summed E-state index contributed by atoms with van der Waals surface area (Å²) in [5, 5.41) is 0. The van der Waals surface area contributed by atoms with Crippen LogP contribution in [0, 0.1) is 10.5 Å². The van der Waals surface area contributed by atoms with E-state index in [1.807, 2.05) is 18.2 Å². The average molecular weight is 360 g/mol. The van der Waals surface area contributed by atoms with E-state index in [1.54, 1.807) is 0 Å². The predicted octanol–water partition coefficient (Wildman–Crippen LogP) is 4.66. The molecule has 3 rings (SSSR count). The van der Waals surface area contributed by atoms with Gasteiger partial charge in [-0.2, -0.15) is 0 Å². The van der Waals surface area contributed by atoms with Crippen LogP contribution in [0.15, 0.2) is 54.6 Å². The predicted molar refractivity (Wildman–Crippen MR) is 86.9 cm³/mol. The van der Waals surface area contributed by atoms with Gasteiger partial charge < -0.3 is 4.98 Å². The van der Waals surface area contributed by atoms with Gasteiger partial charge in [-0.25, -0.2) is 4.98 Å². The number of hydrogen-bond acceptors (Lipinski definition) is 1. The third-order valence-corrected chi connectivity index (χ3v) is 3.70. The summed E-state index contributed by atoms with van der Waals surface area (Å²) in [4.78, 5) is 8.10. The molecule has 1 heterocycles. The van der Waals surface area contributed by atoms with E-state index in [9.17, 15) is 0 Å². The van der Waals surface area contributed by atoms with Crippen molar-refractivity contribution in [3.8, 4) is 22.6 Å². The maximum atomic E-state index is 4.73. The lowest BCUT2D eigenvalue weighted by Crippen LogP contribution is -1.82. The molecule has 0 atom stereocenters. The van der Waals surface area contributed by atoms with Gasteiger partial charge in [0, 0.05) is 20.4 Å². The summed E-state index contributed by atoms with van der Waals surface area (Å²) in [6.07, 6.45) is 0. The number of nitrogens with zero attached hydrogens (tertiary/aromatic N) is 1. The molecule has 2 nitrogen and oxygen atoms in total. The van der Waals surface area contributed by atoms with E-state index in [0.717, 1.165) is 28.3 Å². The Morgan fingerprint density at radius 2 is 1.68 bits per heavy atom. The van der Waals surface area contributed by atoms with Crippen LogP contribution in [-0.4, -0.2) is 9.97 Å². The van der Waals surface area contributed by atoms with E-state index in [-0.39, 0.29) is 0 Å². The summed E-state index contributed by atoms with van der Waals surface area (Å²) in [7, 11) is 0. The van der Waals surface area contributed by atoms with E-state index in [2.05, 4.69) is 70.9 Å². The van der Waals surface area contributed by atoms with Crippen molar-refractivity contribution in [2.24, 2.45) is 0 Å². The van der Waals surface area contributed by atoms with Crippen molar-refractivity contribution in [2.45, 2.75) is 6.92 Å². The third-order valence-electron chi connectivity index (χ3n) is 3.03. The van der Waals surface area contributed by atoms with Gasteiger partial charge in [-0.1, -0.05) is 42.5 Å². The summed E-state index contributed by atoms with van der Waals surface area (Å²) in [5.74, 6) is 0.926. The van der Waals surface area contributed by atoms with Gasteiger partial charge in [0.1, 0.15) is 5.82 Å². The van der Waals surface area contributed by atoms with Gasteiger partial charge in [-0.05, 0) is 41.6 Å². The second-order valence-corrected chi connectivity index (χ2v) is 5.68. The number of nitrogens with one attached hydrogen (secondary N) is 1. The molecule has 0 unspecified atom stereocenters. The first kappa shape index (κ1) is 12.4. The number of hydrogen-bond donors (Lipinski definition) is 1. The molecule has 0 saturated carbocycles. The van der Waals surface area contributed by atoms with Crippen LogP contribution in [0.2, 0.25) is 0 Å². The molecule has 0 saturated heterocycles. The van der Waals surface area contributed by atoms with Crippen molar-refractivity contribution in [3.63, 3.8) is 0 Å². The van der Waals surface area contributed by atoms with Crippen LogP contribution in [0.25, 0.3) is 22.6 Å². The highest BCUT2D eigenvalue weighted by Gasteiger charge is 2.10. The van der Waals surface area contributed by atoms with Gasteiger partial charge in [0.05, 0.1) is 5.69 Å². The van der Waals surface area contributed by atoms with Crippen molar-refractivity contribution in [1.82, 2.24) is 9.97 Å².